The highest BCUT2D eigenvalue weighted by Crippen LogP contribution is 2.30. The Hall–Kier alpha value is -1.32. The normalized spacial score (nSPS) is 35.3. The monoisotopic (exact) mass is 272 g/mol. The lowest BCUT2D eigenvalue weighted by Crippen LogP contribution is -2.55. The van der Waals surface area contributed by atoms with Gasteiger partial charge in [0.1, 0.15) is 36.3 Å². The molecular weight excluding hydrogens is 256 g/mol. The molecule has 0 saturated carbocycles. The number of hydrogen-bond donors (Lipinski definition) is 5. The number of nitrogens with one attached hydrogen (secondary N) is 1. The second-order valence-corrected chi connectivity index (χ2v) is 4.52. The third kappa shape index (κ3) is 2.67. The Morgan fingerprint density at radius 1 is 1.32 bits per heavy atom. The van der Waals surface area contributed by atoms with Crippen molar-refractivity contribution in [1.29, 1.82) is 0 Å². The highest BCUT2D eigenvalue weighted by molar-refractivity contribution is 5.07. The van der Waals surface area contributed by atoms with E-state index in [1.54, 1.807) is 6.92 Å². The molecular formula is C11H16N2O6. The van der Waals surface area contributed by atoms with Gasteiger partial charge in [-0.25, -0.2) is 4.98 Å². The van der Waals surface area contributed by atoms with Crippen molar-refractivity contribution < 1.29 is 25.2 Å². The summed E-state index contributed by atoms with van der Waals surface area (Å²) in [5.74, 6) is 0.0434. The molecule has 5 N–H and O–H groups in total. The molecule has 1 aliphatic rings. The first-order valence-electron chi connectivity index (χ1n) is 5.82. The van der Waals surface area contributed by atoms with Gasteiger partial charge in [0.05, 0.1) is 6.61 Å². The molecule has 0 radical (unpaired) electrons. The fourth-order valence-electron chi connectivity index (χ4n) is 2.06. The van der Waals surface area contributed by atoms with Crippen LogP contribution in [-0.4, -0.2) is 61.4 Å². The van der Waals surface area contributed by atoms with Gasteiger partial charge in [0, 0.05) is 11.8 Å². The maximum atomic E-state index is 11.4. The summed E-state index contributed by atoms with van der Waals surface area (Å²) in [4.78, 5) is 17.8. The maximum absolute atomic E-state index is 11.4. The number of aliphatic hydroxyl groups is 4. The number of aliphatic hydroxyl groups excluding tert-OH is 4. The van der Waals surface area contributed by atoms with Crippen LogP contribution in [0.5, 0.6) is 0 Å². The first-order chi connectivity index (χ1) is 8.93. The van der Waals surface area contributed by atoms with E-state index in [2.05, 4.69) is 9.97 Å². The molecule has 1 aliphatic heterocycles. The molecule has 0 bridgehead atoms. The smallest absolute Gasteiger partial charge is 0.251 e. The van der Waals surface area contributed by atoms with Crippen LogP contribution in [0.15, 0.2) is 10.9 Å². The van der Waals surface area contributed by atoms with Crippen molar-refractivity contribution in [2.24, 2.45) is 0 Å². The van der Waals surface area contributed by atoms with Crippen LogP contribution >= 0.6 is 0 Å². The highest BCUT2D eigenvalue weighted by atomic mass is 16.5. The Morgan fingerprint density at radius 2 is 2.00 bits per heavy atom. The Balaban J connectivity index is 2.34. The first kappa shape index (κ1) is 14.1. The van der Waals surface area contributed by atoms with Gasteiger partial charge in [0.25, 0.3) is 5.56 Å². The number of rotatable bonds is 2. The summed E-state index contributed by atoms with van der Waals surface area (Å²) >= 11 is 0. The Morgan fingerprint density at radius 3 is 2.58 bits per heavy atom. The number of nitrogens with zero attached hydrogens (tertiary/aromatic N) is 1. The topological polar surface area (TPSA) is 136 Å². The highest BCUT2D eigenvalue weighted by Gasteiger charge is 2.44. The molecule has 8 heteroatoms. The van der Waals surface area contributed by atoms with Crippen LogP contribution in [0.25, 0.3) is 0 Å². The Labute approximate surface area is 108 Å². The fraction of sp³-hybridized carbons (Fsp3) is 0.636. The second-order valence-electron chi connectivity index (χ2n) is 4.52. The quantitative estimate of drug-likeness (QED) is 0.404. The molecule has 19 heavy (non-hydrogen) atoms. The van der Waals surface area contributed by atoms with Gasteiger partial charge in [-0.05, 0) is 6.92 Å². The van der Waals surface area contributed by atoms with E-state index in [0.717, 1.165) is 0 Å². The number of H-pyrrole nitrogens is 1. The van der Waals surface area contributed by atoms with Gasteiger partial charge < -0.3 is 30.1 Å². The summed E-state index contributed by atoms with van der Waals surface area (Å²) in [5.41, 5.74) is 0.00942. The number of aryl methyl sites for hydroxylation is 1. The van der Waals surface area contributed by atoms with E-state index in [4.69, 9.17) is 9.84 Å². The molecule has 1 fully saturated rings. The minimum Gasteiger partial charge on any atom is -0.394 e. The van der Waals surface area contributed by atoms with Crippen LogP contribution < -0.4 is 5.56 Å². The molecule has 2 rings (SSSR count). The summed E-state index contributed by atoms with van der Waals surface area (Å²) in [6.45, 7) is 1.07. The lowest BCUT2D eigenvalue weighted by atomic mass is 9.95. The molecule has 8 nitrogen and oxygen atoms in total. The fourth-order valence-corrected chi connectivity index (χ4v) is 2.06. The van der Waals surface area contributed by atoms with Crippen molar-refractivity contribution in [3.05, 3.63) is 27.9 Å². The van der Waals surface area contributed by atoms with Gasteiger partial charge in [0.2, 0.25) is 0 Å². The zero-order chi connectivity index (χ0) is 14.2. The summed E-state index contributed by atoms with van der Waals surface area (Å²) < 4.78 is 5.28. The Kier molecular flexibility index (Phi) is 3.97. The SMILES string of the molecule is Cc1cc(=O)[nH]c(C2OC(CO)C(O)C(O)C2O)n1. The van der Waals surface area contributed by atoms with Gasteiger partial charge in [-0.15, -0.1) is 0 Å². The molecule has 2 heterocycles. The van der Waals surface area contributed by atoms with Crippen LogP contribution in [-0.2, 0) is 4.74 Å². The Bertz CT molecular complexity index is 502. The summed E-state index contributed by atoms with van der Waals surface area (Å²) in [5, 5.41) is 38.2. The molecule has 0 aliphatic carbocycles. The van der Waals surface area contributed by atoms with Gasteiger partial charge in [-0.1, -0.05) is 0 Å². The van der Waals surface area contributed by atoms with E-state index < -0.39 is 42.7 Å². The summed E-state index contributed by atoms with van der Waals surface area (Å²) in [6, 6.07) is 1.27. The van der Waals surface area contributed by atoms with Gasteiger partial charge in [-0.2, -0.15) is 0 Å². The predicted octanol–water partition coefficient (Wildman–Crippen LogP) is -2.41. The van der Waals surface area contributed by atoms with Crippen LogP contribution in [0, 0.1) is 6.92 Å². The molecule has 1 saturated heterocycles. The zero-order valence-electron chi connectivity index (χ0n) is 10.2. The lowest BCUT2D eigenvalue weighted by Gasteiger charge is -2.39. The molecule has 5 unspecified atom stereocenters. The first-order valence-corrected chi connectivity index (χ1v) is 5.82. The van der Waals surface area contributed by atoms with Gasteiger partial charge >= 0.3 is 0 Å². The average Bonchev–Trinajstić information content (AvgIpc) is 2.35. The third-order valence-corrected chi connectivity index (χ3v) is 3.05. The minimum atomic E-state index is -1.50. The number of ether oxygens (including phenoxy) is 1. The summed E-state index contributed by atoms with van der Waals surface area (Å²) in [7, 11) is 0. The van der Waals surface area contributed by atoms with Crippen molar-refractivity contribution in [3.63, 3.8) is 0 Å². The van der Waals surface area contributed by atoms with Gasteiger partial charge in [0.15, 0.2) is 0 Å². The second kappa shape index (κ2) is 5.35. The maximum Gasteiger partial charge on any atom is 0.251 e. The van der Waals surface area contributed by atoms with E-state index in [1.165, 1.54) is 6.07 Å². The van der Waals surface area contributed by atoms with E-state index in [9.17, 15) is 20.1 Å². The van der Waals surface area contributed by atoms with Crippen molar-refractivity contribution in [3.8, 4) is 0 Å². The van der Waals surface area contributed by atoms with Crippen LogP contribution in [0.3, 0.4) is 0 Å². The lowest BCUT2D eigenvalue weighted by molar-refractivity contribution is -0.233. The summed E-state index contributed by atoms with van der Waals surface area (Å²) in [6.07, 6.45) is -6.55. The van der Waals surface area contributed by atoms with E-state index in [-0.39, 0.29) is 5.82 Å². The number of aromatic nitrogens is 2. The van der Waals surface area contributed by atoms with Crippen molar-refractivity contribution in [2.45, 2.75) is 37.4 Å². The molecule has 1 aromatic rings. The average molecular weight is 272 g/mol. The van der Waals surface area contributed by atoms with Gasteiger partial charge in [-0.3, -0.25) is 4.79 Å². The number of aromatic amines is 1. The minimum absolute atomic E-state index is 0.0434. The third-order valence-electron chi connectivity index (χ3n) is 3.05. The largest absolute Gasteiger partial charge is 0.394 e. The molecule has 0 spiro atoms. The van der Waals surface area contributed by atoms with Crippen molar-refractivity contribution >= 4 is 0 Å². The van der Waals surface area contributed by atoms with Crippen LogP contribution in [0.4, 0.5) is 0 Å². The standard InChI is InChI=1S/C11H16N2O6/c1-4-2-6(15)13-11(12-4)10-9(18)8(17)7(16)5(3-14)19-10/h2,5,7-10,14,16-18H,3H2,1H3,(H,12,13,15). The van der Waals surface area contributed by atoms with E-state index >= 15 is 0 Å². The molecule has 1 aromatic heterocycles. The zero-order valence-corrected chi connectivity index (χ0v) is 10.2. The molecule has 5 atom stereocenters. The molecule has 106 valence electrons. The van der Waals surface area contributed by atoms with Crippen molar-refractivity contribution in [2.75, 3.05) is 6.61 Å². The number of hydrogen-bond acceptors (Lipinski definition) is 7. The van der Waals surface area contributed by atoms with Crippen LogP contribution in [0.2, 0.25) is 0 Å². The van der Waals surface area contributed by atoms with E-state index in [1.807, 2.05) is 0 Å². The van der Waals surface area contributed by atoms with Crippen LogP contribution in [0.1, 0.15) is 17.6 Å². The predicted molar refractivity (Wildman–Crippen MR) is 62.3 cm³/mol. The molecule has 0 amide bonds. The van der Waals surface area contributed by atoms with Crippen molar-refractivity contribution in [1.82, 2.24) is 9.97 Å². The molecule has 0 aromatic carbocycles. The van der Waals surface area contributed by atoms with E-state index in [0.29, 0.717) is 5.69 Å².